The monoisotopic (exact) mass is 340 g/mol. The molecule has 0 atom stereocenters. The van der Waals surface area contributed by atoms with E-state index in [1.807, 2.05) is 78.2 Å². The smallest absolute Gasteiger partial charge is 0.294 e. The van der Waals surface area contributed by atoms with Crippen molar-refractivity contribution in [3.63, 3.8) is 0 Å². The molecule has 0 radical (unpaired) electrons. The van der Waals surface area contributed by atoms with E-state index in [-0.39, 0.29) is 6.03 Å². The lowest BCUT2D eigenvalue weighted by Crippen LogP contribution is -2.46. The van der Waals surface area contributed by atoms with Crippen molar-refractivity contribution in [2.45, 2.75) is 13.8 Å². The van der Waals surface area contributed by atoms with Gasteiger partial charge in [0.2, 0.25) is 0 Å². The molecule has 0 unspecified atom stereocenters. The topological polar surface area (TPSA) is 23.6 Å². The Labute approximate surface area is 153 Å². The summed E-state index contributed by atoms with van der Waals surface area (Å²) in [5.74, 6) is 6.55. The molecule has 3 nitrogen and oxygen atoms in total. The van der Waals surface area contributed by atoms with Crippen LogP contribution in [-0.2, 0) is 0 Å². The molecule has 0 spiro atoms. The Bertz CT molecular complexity index is 1020. The molecule has 1 aliphatic rings. The highest BCUT2D eigenvalue weighted by Gasteiger charge is 2.30. The Morgan fingerprint density at radius 1 is 0.769 bits per heavy atom. The quantitative estimate of drug-likeness (QED) is 0.601. The first-order valence-electron chi connectivity index (χ1n) is 8.96. The maximum Gasteiger partial charge on any atom is 0.328 e. The van der Waals surface area contributed by atoms with Gasteiger partial charge in [-0.1, -0.05) is 42.2 Å². The van der Waals surface area contributed by atoms with E-state index < -0.39 is 0 Å². The number of carbonyl (C=O) groups excluding carboxylic acids is 1. The van der Waals surface area contributed by atoms with Crippen molar-refractivity contribution < 1.29 is 4.79 Å². The molecule has 0 aliphatic carbocycles. The van der Waals surface area contributed by atoms with Crippen molar-refractivity contribution in [3.8, 4) is 11.8 Å². The molecule has 2 amide bonds. The molecule has 1 aliphatic heterocycles. The van der Waals surface area contributed by atoms with Crippen molar-refractivity contribution >= 4 is 28.2 Å². The molecule has 0 fully saturated rings. The molecule has 0 saturated carbocycles. The van der Waals surface area contributed by atoms with Crippen LogP contribution in [0.4, 0.5) is 16.2 Å². The number of rotatable bonds is 2. The molecule has 0 N–H and O–H groups in total. The molecule has 1 heterocycles. The van der Waals surface area contributed by atoms with E-state index in [1.54, 1.807) is 0 Å². The highest BCUT2D eigenvalue weighted by Crippen LogP contribution is 2.41. The van der Waals surface area contributed by atoms with Crippen molar-refractivity contribution in [1.82, 2.24) is 0 Å². The molecule has 0 bridgehead atoms. The fourth-order valence-electron chi connectivity index (χ4n) is 3.55. The second kappa shape index (κ2) is 6.57. The van der Waals surface area contributed by atoms with Gasteiger partial charge in [-0.15, -0.1) is 0 Å². The molecule has 3 heteroatoms. The summed E-state index contributed by atoms with van der Waals surface area (Å²) in [5.41, 5.74) is 3.92. The van der Waals surface area contributed by atoms with Gasteiger partial charge in [0.1, 0.15) is 0 Å². The van der Waals surface area contributed by atoms with Crippen LogP contribution >= 0.6 is 0 Å². The van der Waals surface area contributed by atoms with Gasteiger partial charge in [0.15, 0.2) is 0 Å². The van der Waals surface area contributed by atoms with Crippen LogP contribution in [0.5, 0.6) is 0 Å². The van der Waals surface area contributed by atoms with E-state index in [0.717, 1.165) is 33.3 Å². The molecular weight excluding hydrogens is 320 g/mol. The minimum atomic E-state index is 0.0399. The standard InChI is InChI=1S/C23H20N2O/c1-3-24-20-12-8-11-19-18(14-13-17-9-6-5-7-10-17)15-16-21(22(19)20)25(4-2)23(24)26/h5-12,15-16H,3-4H2,1-2H3. The molecule has 3 aromatic carbocycles. The minimum Gasteiger partial charge on any atom is -0.294 e. The van der Waals surface area contributed by atoms with Gasteiger partial charge in [0.25, 0.3) is 0 Å². The first-order valence-corrected chi connectivity index (χ1v) is 8.96. The number of urea groups is 1. The summed E-state index contributed by atoms with van der Waals surface area (Å²) in [4.78, 5) is 16.5. The lowest BCUT2D eigenvalue weighted by Gasteiger charge is -2.36. The number of hydrogen-bond donors (Lipinski definition) is 0. The fourth-order valence-corrected chi connectivity index (χ4v) is 3.55. The molecule has 0 aromatic heterocycles. The number of nitrogens with zero attached hydrogens (tertiary/aromatic N) is 2. The fraction of sp³-hybridized carbons (Fsp3) is 0.174. The van der Waals surface area contributed by atoms with Crippen LogP contribution < -0.4 is 9.80 Å². The molecule has 3 aromatic rings. The summed E-state index contributed by atoms with van der Waals surface area (Å²) in [6.07, 6.45) is 0. The van der Waals surface area contributed by atoms with E-state index in [2.05, 4.69) is 17.9 Å². The van der Waals surface area contributed by atoms with Crippen LogP contribution in [0, 0.1) is 11.8 Å². The van der Waals surface area contributed by atoms with Crippen LogP contribution in [0.25, 0.3) is 10.8 Å². The third-order valence-electron chi connectivity index (χ3n) is 4.79. The second-order valence-electron chi connectivity index (χ2n) is 6.22. The maximum atomic E-state index is 12.8. The van der Waals surface area contributed by atoms with E-state index in [1.165, 1.54) is 0 Å². The zero-order valence-electron chi connectivity index (χ0n) is 15.0. The van der Waals surface area contributed by atoms with E-state index in [0.29, 0.717) is 13.1 Å². The zero-order chi connectivity index (χ0) is 18.1. The van der Waals surface area contributed by atoms with Gasteiger partial charge >= 0.3 is 6.03 Å². The predicted molar refractivity (Wildman–Crippen MR) is 108 cm³/mol. The van der Waals surface area contributed by atoms with Crippen molar-refractivity contribution in [3.05, 3.63) is 71.8 Å². The number of carbonyl (C=O) groups is 1. The van der Waals surface area contributed by atoms with Crippen LogP contribution in [-0.4, -0.2) is 19.1 Å². The SMILES string of the molecule is CCN1C(=O)N(CC)c2ccc(C#Cc3ccccc3)c3cccc1c23. The third-order valence-corrected chi connectivity index (χ3v) is 4.79. The third kappa shape index (κ3) is 2.51. The summed E-state index contributed by atoms with van der Waals surface area (Å²) in [5, 5.41) is 2.20. The van der Waals surface area contributed by atoms with Crippen LogP contribution in [0.2, 0.25) is 0 Å². The average molecular weight is 340 g/mol. The van der Waals surface area contributed by atoms with Crippen molar-refractivity contribution in [2.75, 3.05) is 22.9 Å². The summed E-state index contributed by atoms with van der Waals surface area (Å²) in [6, 6.07) is 20.2. The molecule has 26 heavy (non-hydrogen) atoms. The molecule has 0 saturated heterocycles. The number of amides is 2. The molecule has 128 valence electrons. The highest BCUT2D eigenvalue weighted by atomic mass is 16.2. The minimum absolute atomic E-state index is 0.0399. The van der Waals surface area contributed by atoms with Gasteiger partial charge in [-0.3, -0.25) is 9.80 Å². The molecule has 4 rings (SSSR count). The summed E-state index contributed by atoms with van der Waals surface area (Å²) >= 11 is 0. The zero-order valence-corrected chi connectivity index (χ0v) is 15.0. The normalized spacial score (nSPS) is 12.9. The van der Waals surface area contributed by atoms with E-state index in [9.17, 15) is 4.79 Å². The highest BCUT2D eigenvalue weighted by molar-refractivity contribution is 6.20. The number of benzene rings is 3. The number of anilines is 2. The average Bonchev–Trinajstić information content (AvgIpc) is 2.69. The van der Waals surface area contributed by atoms with Crippen molar-refractivity contribution in [1.29, 1.82) is 0 Å². The summed E-state index contributed by atoms with van der Waals surface area (Å²) in [6.45, 7) is 5.31. The second-order valence-corrected chi connectivity index (χ2v) is 6.22. The van der Waals surface area contributed by atoms with Crippen LogP contribution in [0.1, 0.15) is 25.0 Å². The van der Waals surface area contributed by atoms with Gasteiger partial charge in [-0.2, -0.15) is 0 Å². The number of hydrogen-bond acceptors (Lipinski definition) is 1. The Morgan fingerprint density at radius 3 is 2.15 bits per heavy atom. The predicted octanol–water partition coefficient (Wildman–Crippen LogP) is 5.03. The Balaban J connectivity index is 1.94. The van der Waals surface area contributed by atoms with Crippen LogP contribution in [0.3, 0.4) is 0 Å². The van der Waals surface area contributed by atoms with Gasteiger partial charge in [-0.05, 0) is 44.2 Å². The maximum absolute atomic E-state index is 12.8. The summed E-state index contributed by atoms with van der Waals surface area (Å²) in [7, 11) is 0. The Kier molecular flexibility index (Phi) is 4.10. The lowest BCUT2D eigenvalue weighted by atomic mass is 9.98. The van der Waals surface area contributed by atoms with Gasteiger partial charge in [0, 0.05) is 35.0 Å². The van der Waals surface area contributed by atoms with E-state index in [4.69, 9.17) is 0 Å². The first kappa shape index (κ1) is 16.2. The van der Waals surface area contributed by atoms with Gasteiger partial charge in [0.05, 0.1) is 11.4 Å². The van der Waals surface area contributed by atoms with Crippen LogP contribution in [0.15, 0.2) is 60.7 Å². The van der Waals surface area contributed by atoms with Crippen molar-refractivity contribution in [2.24, 2.45) is 0 Å². The largest absolute Gasteiger partial charge is 0.328 e. The van der Waals surface area contributed by atoms with Gasteiger partial charge in [-0.25, -0.2) is 4.79 Å². The Morgan fingerprint density at radius 2 is 1.46 bits per heavy atom. The lowest BCUT2D eigenvalue weighted by molar-refractivity contribution is 0.251. The summed E-state index contributed by atoms with van der Waals surface area (Å²) < 4.78 is 0. The first-order chi connectivity index (χ1) is 12.7. The Hall–Kier alpha value is -3.25. The molecular formula is C23H20N2O. The van der Waals surface area contributed by atoms with Gasteiger partial charge < -0.3 is 0 Å². The van der Waals surface area contributed by atoms with E-state index >= 15 is 0 Å².